The SMILES string of the molecule is Nc1nc(-c2ccc(Cl)cc2)c(-c2ccccc2)s1. The van der Waals surface area contributed by atoms with Gasteiger partial charge in [-0.2, -0.15) is 0 Å². The summed E-state index contributed by atoms with van der Waals surface area (Å²) in [5, 5.41) is 1.29. The normalized spacial score (nSPS) is 10.6. The Kier molecular flexibility index (Phi) is 3.23. The van der Waals surface area contributed by atoms with Crippen LogP contribution >= 0.6 is 22.9 Å². The molecule has 0 aliphatic heterocycles. The lowest BCUT2D eigenvalue weighted by Crippen LogP contribution is -1.84. The average molecular weight is 287 g/mol. The fraction of sp³-hybridized carbons (Fsp3) is 0. The monoisotopic (exact) mass is 286 g/mol. The van der Waals surface area contributed by atoms with Gasteiger partial charge in [0.2, 0.25) is 0 Å². The molecule has 2 N–H and O–H groups in total. The molecule has 0 aliphatic carbocycles. The summed E-state index contributed by atoms with van der Waals surface area (Å²) in [6.07, 6.45) is 0. The summed E-state index contributed by atoms with van der Waals surface area (Å²) in [5.74, 6) is 0. The number of nitrogens with zero attached hydrogens (tertiary/aromatic N) is 1. The standard InChI is InChI=1S/C15H11ClN2S/c16-12-8-6-10(7-9-12)13-14(19-15(17)18-13)11-4-2-1-3-5-11/h1-9H,(H2,17,18). The van der Waals surface area contributed by atoms with Crippen molar-refractivity contribution in [3.05, 3.63) is 59.6 Å². The van der Waals surface area contributed by atoms with Gasteiger partial charge in [-0.1, -0.05) is 65.4 Å². The molecule has 0 aliphatic rings. The number of thiazole rings is 1. The van der Waals surface area contributed by atoms with E-state index in [9.17, 15) is 0 Å². The molecule has 0 saturated carbocycles. The fourth-order valence-corrected chi connectivity index (χ4v) is 2.91. The highest BCUT2D eigenvalue weighted by Gasteiger charge is 2.13. The van der Waals surface area contributed by atoms with Crippen LogP contribution in [0, 0.1) is 0 Å². The lowest BCUT2D eigenvalue weighted by Gasteiger charge is -2.02. The van der Waals surface area contributed by atoms with Crippen molar-refractivity contribution in [3.8, 4) is 21.7 Å². The van der Waals surface area contributed by atoms with Gasteiger partial charge in [-0.15, -0.1) is 0 Å². The zero-order valence-electron chi connectivity index (χ0n) is 10.0. The first kappa shape index (κ1) is 12.2. The highest BCUT2D eigenvalue weighted by Crippen LogP contribution is 2.37. The summed E-state index contributed by atoms with van der Waals surface area (Å²) in [7, 11) is 0. The van der Waals surface area contributed by atoms with Crippen LogP contribution in [0.25, 0.3) is 21.7 Å². The molecule has 2 aromatic carbocycles. The third-order valence-electron chi connectivity index (χ3n) is 2.80. The molecule has 0 saturated heterocycles. The molecule has 0 radical (unpaired) electrons. The van der Waals surface area contributed by atoms with Gasteiger partial charge in [-0.3, -0.25) is 0 Å². The fourth-order valence-electron chi connectivity index (χ4n) is 1.93. The van der Waals surface area contributed by atoms with Gasteiger partial charge in [0.15, 0.2) is 5.13 Å². The van der Waals surface area contributed by atoms with Crippen LogP contribution in [0.3, 0.4) is 0 Å². The molecule has 0 atom stereocenters. The number of hydrogen-bond acceptors (Lipinski definition) is 3. The van der Waals surface area contributed by atoms with Gasteiger partial charge in [0.05, 0.1) is 10.6 Å². The maximum Gasteiger partial charge on any atom is 0.181 e. The molecule has 2 nitrogen and oxygen atoms in total. The number of halogens is 1. The minimum Gasteiger partial charge on any atom is -0.375 e. The number of aromatic nitrogens is 1. The number of hydrogen-bond donors (Lipinski definition) is 1. The first-order valence-electron chi connectivity index (χ1n) is 5.82. The van der Waals surface area contributed by atoms with Crippen molar-refractivity contribution in [3.63, 3.8) is 0 Å². The van der Waals surface area contributed by atoms with Crippen molar-refractivity contribution in [2.24, 2.45) is 0 Å². The second kappa shape index (κ2) is 5.03. The van der Waals surface area contributed by atoms with E-state index < -0.39 is 0 Å². The van der Waals surface area contributed by atoms with E-state index in [4.69, 9.17) is 17.3 Å². The molecule has 1 heterocycles. The van der Waals surface area contributed by atoms with Crippen LogP contribution in [0.15, 0.2) is 54.6 Å². The first-order chi connectivity index (χ1) is 9.24. The molecule has 0 bridgehead atoms. The Bertz CT molecular complexity index is 690. The zero-order chi connectivity index (χ0) is 13.2. The molecular weight excluding hydrogens is 276 g/mol. The van der Waals surface area contributed by atoms with Crippen LogP contribution in [0.2, 0.25) is 5.02 Å². The molecule has 3 aromatic rings. The van der Waals surface area contributed by atoms with Crippen LogP contribution < -0.4 is 5.73 Å². The summed E-state index contributed by atoms with van der Waals surface area (Å²) in [6.45, 7) is 0. The zero-order valence-corrected chi connectivity index (χ0v) is 11.6. The molecule has 0 fully saturated rings. The average Bonchev–Trinajstić information content (AvgIpc) is 2.83. The molecule has 3 rings (SSSR count). The minimum absolute atomic E-state index is 0.573. The summed E-state index contributed by atoms with van der Waals surface area (Å²) in [5.41, 5.74) is 8.92. The number of nitrogen functional groups attached to an aromatic ring is 1. The molecule has 19 heavy (non-hydrogen) atoms. The maximum atomic E-state index is 5.92. The Labute approximate surface area is 120 Å². The van der Waals surface area contributed by atoms with Crippen molar-refractivity contribution in [2.45, 2.75) is 0 Å². The highest BCUT2D eigenvalue weighted by molar-refractivity contribution is 7.19. The lowest BCUT2D eigenvalue weighted by molar-refractivity contribution is 1.41. The second-order valence-electron chi connectivity index (χ2n) is 4.10. The van der Waals surface area contributed by atoms with Gasteiger partial charge in [-0.05, 0) is 17.7 Å². The summed E-state index contributed by atoms with van der Waals surface area (Å²) in [6, 6.07) is 17.8. The summed E-state index contributed by atoms with van der Waals surface area (Å²) in [4.78, 5) is 5.52. The van der Waals surface area contributed by atoms with Crippen molar-refractivity contribution < 1.29 is 0 Å². The molecular formula is C15H11ClN2S. The topological polar surface area (TPSA) is 38.9 Å². The van der Waals surface area contributed by atoms with Crippen molar-refractivity contribution in [1.82, 2.24) is 4.98 Å². The molecule has 0 amide bonds. The van der Waals surface area contributed by atoms with Crippen molar-refractivity contribution in [1.29, 1.82) is 0 Å². The number of nitrogens with two attached hydrogens (primary N) is 1. The minimum atomic E-state index is 0.573. The summed E-state index contributed by atoms with van der Waals surface area (Å²) >= 11 is 7.42. The smallest absolute Gasteiger partial charge is 0.181 e. The Hall–Kier alpha value is -1.84. The summed E-state index contributed by atoms with van der Waals surface area (Å²) < 4.78 is 0. The van der Waals surface area contributed by atoms with Gasteiger partial charge < -0.3 is 5.73 Å². The van der Waals surface area contributed by atoms with Crippen LogP contribution in [0.1, 0.15) is 0 Å². The van der Waals surface area contributed by atoms with Crippen molar-refractivity contribution in [2.75, 3.05) is 5.73 Å². The first-order valence-corrected chi connectivity index (χ1v) is 7.01. The van der Waals surface area contributed by atoms with Crippen molar-refractivity contribution >= 4 is 28.1 Å². The Morgan fingerprint density at radius 1 is 0.895 bits per heavy atom. The lowest BCUT2D eigenvalue weighted by atomic mass is 10.1. The highest BCUT2D eigenvalue weighted by atomic mass is 35.5. The maximum absolute atomic E-state index is 5.92. The third kappa shape index (κ3) is 2.48. The van der Waals surface area contributed by atoms with E-state index in [-0.39, 0.29) is 0 Å². The van der Waals surface area contributed by atoms with Crippen LogP contribution in [-0.4, -0.2) is 4.98 Å². The number of rotatable bonds is 2. The van der Waals surface area contributed by atoms with Gasteiger partial charge >= 0.3 is 0 Å². The van der Waals surface area contributed by atoms with Crippen LogP contribution in [-0.2, 0) is 0 Å². The molecule has 1 aromatic heterocycles. The number of benzene rings is 2. The predicted octanol–water partition coefficient (Wildman–Crippen LogP) is 4.71. The number of anilines is 1. The Morgan fingerprint density at radius 3 is 2.26 bits per heavy atom. The predicted molar refractivity (Wildman–Crippen MR) is 82.4 cm³/mol. The molecule has 94 valence electrons. The van der Waals surface area contributed by atoms with Gasteiger partial charge in [0, 0.05) is 10.6 Å². The van der Waals surface area contributed by atoms with Gasteiger partial charge in [-0.25, -0.2) is 4.98 Å². The Balaban J connectivity index is 2.15. The van der Waals surface area contributed by atoms with Crippen LogP contribution in [0.5, 0.6) is 0 Å². The van der Waals surface area contributed by atoms with E-state index >= 15 is 0 Å². The van der Waals surface area contributed by atoms with E-state index in [2.05, 4.69) is 17.1 Å². The molecule has 0 spiro atoms. The van der Waals surface area contributed by atoms with E-state index in [0.717, 1.165) is 21.7 Å². The van der Waals surface area contributed by atoms with E-state index in [1.807, 2.05) is 42.5 Å². The quantitative estimate of drug-likeness (QED) is 0.741. The molecule has 0 unspecified atom stereocenters. The second-order valence-corrected chi connectivity index (χ2v) is 5.57. The third-order valence-corrected chi connectivity index (χ3v) is 3.98. The van der Waals surface area contributed by atoms with E-state index in [1.165, 1.54) is 11.3 Å². The van der Waals surface area contributed by atoms with E-state index in [1.54, 1.807) is 0 Å². The van der Waals surface area contributed by atoms with E-state index in [0.29, 0.717) is 10.2 Å². The largest absolute Gasteiger partial charge is 0.375 e. The molecule has 4 heteroatoms. The van der Waals surface area contributed by atoms with Gasteiger partial charge in [0.1, 0.15) is 0 Å². The van der Waals surface area contributed by atoms with Gasteiger partial charge in [0.25, 0.3) is 0 Å². The van der Waals surface area contributed by atoms with Crippen LogP contribution in [0.4, 0.5) is 5.13 Å². The Morgan fingerprint density at radius 2 is 1.58 bits per heavy atom.